The van der Waals surface area contributed by atoms with E-state index in [-0.39, 0.29) is 4.90 Å². The number of aryl methyl sites for hydroxylation is 1. The van der Waals surface area contributed by atoms with Crippen LogP contribution < -0.4 is 14.4 Å². The van der Waals surface area contributed by atoms with E-state index in [0.717, 1.165) is 17.0 Å². The van der Waals surface area contributed by atoms with Gasteiger partial charge in [0.05, 0.1) is 30.1 Å². The van der Waals surface area contributed by atoms with Gasteiger partial charge in [-0.15, -0.1) is 0 Å². The van der Waals surface area contributed by atoms with Crippen LogP contribution in [0, 0.1) is 0 Å². The second kappa shape index (κ2) is 7.57. The molecule has 0 saturated carbocycles. The number of imidazole rings is 1. The summed E-state index contributed by atoms with van der Waals surface area (Å²) in [4.78, 5) is 7.04. The normalized spacial score (nSPS) is 15.6. The van der Waals surface area contributed by atoms with Gasteiger partial charge in [-0.2, -0.15) is 4.31 Å². The van der Waals surface area contributed by atoms with Crippen molar-refractivity contribution in [3.8, 4) is 11.5 Å². The van der Waals surface area contributed by atoms with Crippen molar-refractivity contribution < 1.29 is 17.9 Å². The van der Waals surface area contributed by atoms with Crippen LogP contribution in [0.2, 0.25) is 0 Å². The van der Waals surface area contributed by atoms with Gasteiger partial charge < -0.3 is 18.9 Å². The zero-order valence-electron chi connectivity index (χ0n) is 16.7. The Labute approximate surface area is 170 Å². The standard InChI is InChI=1S/C20H24N4O4S/c1-22-17-7-5-4-6-16(17)21-20(22)23-10-12-24(13-11-23)29(25,26)15-8-9-18(27-2)19(14-15)28-3/h4-9,14H,10-13H2,1-3H3. The number of ether oxygens (including phenoxy) is 2. The minimum absolute atomic E-state index is 0.200. The maximum absolute atomic E-state index is 13.1. The SMILES string of the molecule is COc1ccc(S(=O)(=O)N2CCN(c3nc4ccccc4n3C)CC2)cc1OC. The van der Waals surface area contributed by atoms with Gasteiger partial charge in [-0.1, -0.05) is 12.1 Å². The number of rotatable bonds is 5. The van der Waals surface area contributed by atoms with E-state index in [1.54, 1.807) is 12.1 Å². The molecule has 1 aromatic heterocycles. The van der Waals surface area contributed by atoms with E-state index in [9.17, 15) is 8.42 Å². The first kappa shape index (κ1) is 19.5. The summed E-state index contributed by atoms with van der Waals surface area (Å²) >= 11 is 0. The molecule has 0 unspecified atom stereocenters. The van der Waals surface area contributed by atoms with Crippen molar-refractivity contribution in [2.45, 2.75) is 4.90 Å². The first-order valence-corrected chi connectivity index (χ1v) is 10.8. The number of hydrogen-bond acceptors (Lipinski definition) is 6. The van der Waals surface area contributed by atoms with E-state index < -0.39 is 10.0 Å². The summed E-state index contributed by atoms with van der Waals surface area (Å²) in [5.41, 5.74) is 1.99. The molecular formula is C20H24N4O4S. The summed E-state index contributed by atoms with van der Waals surface area (Å²) in [7, 11) is 1.38. The molecule has 1 aliphatic heterocycles. The van der Waals surface area contributed by atoms with E-state index in [2.05, 4.69) is 4.90 Å². The number of benzene rings is 2. The Morgan fingerprint density at radius 3 is 2.28 bits per heavy atom. The Hall–Kier alpha value is -2.78. The first-order valence-electron chi connectivity index (χ1n) is 9.34. The maximum atomic E-state index is 13.1. The molecule has 0 radical (unpaired) electrons. The lowest BCUT2D eigenvalue weighted by Gasteiger charge is -2.34. The number of aromatic nitrogens is 2. The third-order valence-electron chi connectivity index (χ3n) is 5.28. The van der Waals surface area contributed by atoms with Crippen molar-refractivity contribution in [3.63, 3.8) is 0 Å². The Kier molecular flexibility index (Phi) is 5.10. The highest BCUT2D eigenvalue weighted by Gasteiger charge is 2.30. The van der Waals surface area contributed by atoms with Crippen LogP contribution in [0.25, 0.3) is 11.0 Å². The summed E-state index contributed by atoms with van der Waals surface area (Å²) in [6.45, 7) is 1.92. The van der Waals surface area contributed by atoms with Gasteiger partial charge >= 0.3 is 0 Å². The summed E-state index contributed by atoms with van der Waals surface area (Å²) in [6, 6.07) is 12.6. The fraction of sp³-hybridized carbons (Fsp3) is 0.350. The van der Waals surface area contributed by atoms with E-state index >= 15 is 0 Å². The summed E-state index contributed by atoms with van der Waals surface area (Å²) in [5, 5.41) is 0. The Morgan fingerprint density at radius 1 is 0.931 bits per heavy atom. The van der Waals surface area contributed by atoms with Crippen LogP contribution in [-0.2, 0) is 17.1 Å². The fourth-order valence-corrected chi connectivity index (χ4v) is 5.11. The van der Waals surface area contributed by atoms with Crippen molar-refractivity contribution in [1.29, 1.82) is 0 Å². The quantitative estimate of drug-likeness (QED) is 0.634. The van der Waals surface area contributed by atoms with Crippen molar-refractivity contribution >= 4 is 27.0 Å². The highest BCUT2D eigenvalue weighted by Crippen LogP contribution is 2.31. The van der Waals surface area contributed by atoms with Gasteiger partial charge in [0.15, 0.2) is 11.5 Å². The lowest BCUT2D eigenvalue weighted by molar-refractivity contribution is 0.353. The second-order valence-corrected chi connectivity index (χ2v) is 8.81. The molecule has 0 aliphatic carbocycles. The Bertz CT molecular complexity index is 1130. The molecule has 0 N–H and O–H groups in total. The van der Waals surface area contributed by atoms with Gasteiger partial charge in [-0.05, 0) is 24.3 Å². The zero-order valence-corrected chi connectivity index (χ0v) is 17.5. The highest BCUT2D eigenvalue weighted by molar-refractivity contribution is 7.89. The Morgan fingerprint density at radius 2 is 1.62 bits per heavy atom. The van der Waals surface area contributed by atoms with Crippen LogP contribution in [0.5, 0.6) is 11.5 Å². The minimum Gasteiger partial charge on any atom is -0.493 e. The van der Waals surface area contributed by atoms with E-state index in [1.165, 1.54) is 24.6 Å². The van der Waals surface area contributed by atoms with Gasteiger partial charge in [0, 0.05) is 39.3 Å². The number of fused-ring (bicyclic) bond motifs is 1. The van der Waals surface area contributed by atoms with Crippen LogP contribution in [0.4, 0.5) is 5.95 Å². The van der Waals surface area contributed by atoms with Crippen molar-refractivity contribution in [3.05, 3.63) is 42.5 Å². The van der Waals surface area contributed by atoms with Crippen LogP contribution in [-0.4, -0.2) is 62.7 Å². The molecule has 1 aliphatic rings. The van der Waals surface area contributed by atoms with Gasteiger partial charge in [0.2, 0.25) is 16.0 Å². The van der Waals surface area contributed by atoms with Crippen LogP contribution in [0.15, 0.2) is 47.4 Å². The topological polar surface area (TPSA) is 76.9 Å². The summed E-state index contributed by atoms with van der Waals surface area (Å²) < 4.78 is 40.2. The Balaban J connectivity index is 1.53. The number of nitrogens with zero attached hydrogens (tertiary/aromatic N) is 4. The monoisotopic (exact) mass is 416 g/mol. The van der Waals surface area contributed by atoms with Crippen LogP contribution in [0.1, 0.15) is 0 Å². The van der Waals surface area contributed by atoms with Crippen molar-refractivity contribution in [2.75, 3.05) is 45.3 Å². The summed E-state index contributed by atoms with van der Waals surface area (Å²) in [6.07, 6.45) is 0. The van der Waals surface area contributed by atoms with E-state index in [1.807, 2.05) is 35.9 Å². The molecule has 2 aromatic carbocycles. The number of sulfonamides is 1. The molecule has 154 valence electrons. The van der Waals surface area contributed by atoms with Gasteiger partial charge in [-0.3, -0.25) is 0 Å². The number of piperazine rings is 1. The molecule has 0 amide bonds. The molecule has 8 nitrogen and oxygen atoms in total. The summed E-state index contributed by atoms with van der Waals surface area (Å²) in [5.74, 6) is 1.75. The zero-order chi connectivity index (χ0) is 20.6. The van der Waals surface area contributed by atoms with Gasteiger partial charge in [-0.25, -0.2) is 13.4 Å². The number of hydrogen-bond donors (Lipinski definition) is 0. The number of anilines is 1. The smallest absolute Gasteiger partial charge is 0.243 e. The average molecular weight is 417 g/mol. The predicted octanol–water partition coefficient (Wildman–Crippen LogP) is 2.10. The molecule has 1 fully saturated rings. The lowest BCUT2D eigenvalue weighted by Crippen LogP contribution is -2.49. The van der Waals surface area contributed by atoms with Crippen molar-refractivity contribution in [2.24, 2.45) is 7.05 Å². The van der Waals surface area contributed by atoms with E-state index in [0.29, 0.717) is 37.7 Å². The number of para-hydroxylation sites is 2. The van der Waals surface area contributed by atoms with Crippen molar-refractivity contribution in [1.82, 2.24) is 13.9 Å². The molecule has 0 bridgehead atoms. The van der Waals surface area contributed by atoms with E-state index in [4.69, 9.17) is 14.5 Å². The highest BCUT2D eigenvalue weighted by atomic mass is 32.2. The largest absolute Gasteiger partial charge is 0.493 e. The first-order chi connectivity index (χ1) is 14.0. The molecule has 0 atom stereocenters. The maximum Gasteiger partial charge on any atom is 0.243 e. The molecule has 1 saturated heterocycles. The predicted molar refractivity (Wildman–Crippen MR) is 111 cm³/mol. The molecule has 29 heavy (non-hydrogen) atoms. The second-order valence-electron chi connectivity index (χ2n) is 6.87. The number of methoxy groups -OCH3 is 2. The third kappa shape index (κ3) is 3.40. The minimum atomic E-state index is -3.62. The third-order valence-corrected chi connectivity index (χ3v) is 7.17. The molecule has 2 heterocycles. The molecular weight excluding hydrogens is 392 g/mol. The lowest BCUT2D eigenvalue weighted by atomic mass is 10.3. The fourth-order valence-electron chi connectivity index (χ4n) is 3.67. The molecule has 4 rings (SSSR count). The molecule has 3 aromatic rings. The van der Waals surface area contributed by atoms with Gasteiger partial charge in [0.25, 0.3) is 0 Å². The van der Waals surface area contributed by atoms with Crippen LogP contribution >= 0.6 is 0 Å². The average Bonchev–Trinajstić information content (AvgIpc) is 3.10. The van der Waals surface area contributed by atoms with Gasteiger partial charge in [0.1, 0.15) is 0 Å². The van der Waals surface area contributed by atoms with Crippen LogP contribution in [0.3, 0.4) is 0 Å². The molecule has 0 spiro atoms. The molecule has 9 heteroatoms.